The molecule has 3 heterocycles. The van der Waals surface area contributed by atoms with Crippen LogP contribution in [0.25, 0.3) is 6.08 Å². The highest BCUT2D eigenvalue weighted by atomic mass is 16.8. The second-order valence-electron chi connectivity index (χ2n) is 9.96. The molecule has 9 heteroatoms. The summed E-state index contributed by atoms with van der Waals surface area (Å²) in [6.07, 6.45) is 4.17. The van der Waals surface area contributed by atoms with Crippen molar-refractivity contribution in [3.63, 3.8) is 0 Å². The number of epoxide rings is 1. The molecule has 2 aliphatic rings. The highest BCUT2D eigenvalue weighted by molar-refractivity contribution is 6.03. The minimum atomic E-state index is -0.804. The number of para-hydroxylation sites is 2. The summed E-state index contributed by atoms with van der Waals surface area (Å²) in [4.78, 5) is 30.6. The smallest absolute Gasteiger partial charge is 0.308 e. The Morgan fingerprint density at radius 3 is 2.57 bits per heavy atom. The topological polar surface area (TPSA) is 116 Å². The lowest BCUT2D eigenvalue weighted by Crippen LogP contribution is -2.23. The van der Waals surface area contributed by atoms with Crippen molar-refractivity contribution in [2.75, 3.05) is 30.8 Å². The number of carboxylic acids is 1. The van der Waals surface area contributed by atoms with E-state index in [0.29, 0.717) is 18.8 Å². The fraction of sp³-hybridized carbons (Fsp3) is 0.423. The van der Waals surface area contributed by atoms with Crippen LogP contribution in [0.4, 0.5) is 11.4 Å². The molecule has 4 unspecified atom stereocenters. The lowest BCUT2D eigenvalue weighted by atomic mass is 9.92. The standard InChI is InChI=1S/C26H32N4O5/c1-26(2,3)35-25-23(34-25)29-21-8-6-5-7-20(21)28-22(31)12-10-16-9-11-19(27-13-16)17-14-30(4)15-18(17)24(32)33/h5-13,17-18,23,25,29H,14-15H2,1-4H3,(H,28,31)(H,32,33). The summed E-state index contributed by atoms with van der Waals surface area (Å²) >= 11 is 0. The van der Waals surface area contributed by atoms with Gasteiger partial charge in [-0.3, -0.25) is 14.6 Å². The monoisotopic (exact) mass is 480 g/mol. The third-order valence-electron chi connectivity index (χ3n) is 5.84. The fourth-order valence-electron chi connectivity index (χ4n) is 4.14. The van der Waals surface area contributed by atoms with Crippen molar-refractivity contribution in [2.24, 2.45) is 5.92 Å². The predicted octanol–water partition coefficient (Wildman–Crippen LogP) is 3.37. The summed E-state index contributed by atoms with van der Waals surface area (Å²) in [6, 6.07) is 11.1. The van der Waals surface area contributed by atoms with Crippen LogP contribution in [0.5, 0.6) is 0 Å². The zero-order chi connectivity index (χ0) is 25.2. The first-order valence-electron chi connectivity index (χ1n) is 11.6. The first-order valence-corrected chi connectivity index (χ1v) is 11.6. The zero-order valence-corrected chi connectivity index (χ0v) is 20.4. The molecule has 35 heavy (non-hydrogen) atoms. The van der Waals surface area contributed by atoms with Gasteiger partial charge in [-0.1, -0.05) is 18.2 Å². The Labute approximate surface area is 205 Å². The molecular weight excluding hydrogens is 448 g/mol. The molecule has 1 aromatic carbocycles. The minimum absolute atomic E-state index is 0.147. The Morgan fingerprint density at radius 2 is 1.91 bits per heavy atom. The molecule has 0 bridgehead atoms. The lowest BCUT2D eigenvalue weighted by molar-refractivity contribution is -0.141. The summed E-state index contributed by atoms with van der Waals surface area (Å²) in [5, 5.41) is 15.6. The van der Waals surface area contributed by atoms with E-state index in [-0.39, 0.29) is 29.9 Å². The molecule has 0 radical (unpaired) electrons. The summed E-state index contributed by atoms with van der Waals surface area (Å²) in [6.45, 7) is 7.07. The number of ether oxygens (including phenoxy) is 2. The molecule has 9 nitrogen and oxygen atoms in total. The van der Waals surface area contributed by atoms with E-state index in [1.807, 2.05) is 69.1 Å². The fourth-order valence-corrected chi connectivity index (χ4v) is 4.14. The van der Waals surface area contributed by atoms with Gasteiger partial charge in [0, 0.05) is 37.0 Å². The second kappa shape index (κ2) is 10.2. The average molecular weight is 481 g/mol. The van der Waals surface area contributed by atoms with E-state index < -0.39 is 11.9 Å². The highest BCUT2D eigenvalue weighted by Crippen LogP contribution is 2.32. The summed E-state index contributed by atoms with van der Waals surface area (Å²) in [5.74, 6) is -1.70. The molecular formula is C26H32N4O5. The number of carbonyl (C=O) groups excluding carboxylic acids is 1. The number of nitrogens with one attached hydrogen (secondary N) is 2. The SMILES string of the molecule is CN1CC(C(=O)O)C(c2ccc(C=CC(=O)Nc3ccccc3NC3OC3OC(C)(C)C)cn2)C1. The maximum absolute atomic E-state index is 12.5. The Kier molecular flexibility index (Phi) is 7.20. The largest absolute Gasteiger partial charge is 0.481 e. The van der Waals surface area contributed by atoms with Crippen molar-refractivity contribution in [2.45, 2.75) is 44.8 Å². The van der Waals surface area contributed by atoms with Gasteiger partial charge < -0.3 is 30.1 Å². The van der Waals surface area contributed by atoms with E-state index in [1.165, 1.54) is 6.08 Å². The molecule has 0 aliphatic carbocycles. The number of nitrogens with zero attached hydrogens (tertiary/aromatic N) is 2. The van der Waals surface area contributed by atoms with E-state index in [0.717, 1.165) is 16.9 Å². The first-order chi connectivity index (χ1) is 16.6. The lowest BCUT2D eigenvalue weighted by Gasteiger charge is -2.17. The number of carbonyl (C=O) groups is 2. The van der Waals surface area contributed by atoms with Crippen LogP contribution in [-0.2, 0) is 19.1 Å². The number of benzene rings is 1. The van der Waals surface area contributed by atoms with Crippen LogP contribution in [0.15, 0.2) is 48.7 Å². The van der Waals surface area contributed by atoms with E-state index in [4.69, 9.17) is 9.47 Å². The third kappa shape index (κ3) is 6.66. The summed E-state index contributed by atoms with van der Waals surface area (Å²) < 4.78 is 11.3. The van der Waals surface area contributed by atoms with E-state index >= 15 is 0 Å². The summed E-state index contributed by atoms with van der Waals surface area (Å²) in [5.41, 5.74) is 2.56. The number of anilines is 2. The molecule has 186 valence electrons. The molecule has 3 N–H and O–H groups in total. The molecule has 2 aromatic rings. The Balaban J connectivity index is 1.34. The van der Waals surface area contributed by atoms with E-state index in [1.54, 1.807) is 12.3 Å². The number of amides is 1. The predicted molar refractivity (Wildman–Crippen MR) is 133 cm³/mol. The molecule has 2 saturated heterocycles. The highest BCUT2D eigenvalue weighted by Gasteiger charge is 2.43. The molecule has 4 atom stereocenters. The van der Waals surface area contributed by atoms with Gasteiger partial charge in [0.1, 0.15) is 0 Å². The number of aliphatic carboxylic acids is 1. The Bertz CT molecular complexity index is 1100. The number of hydrogen-bond acceptors (Lipinski definition) is 7. The van der Waals surface area contributed by atoms with Crippen molar-refractivity contribution < 1.29 is 24.2 Å². The maximum atomic E-state index is 12.5. The number of likely N-dealkylation sites (N-methyl/N-ethyl adjacent to an activating group) is 1. The van der Waals surface area contributed by atoms with Gasteiger partial charge in [0.2, 0.25) is 12.2 Å². The third-order valence-corrected chi connectivity index (χ3v) is 5.84. The van der Waals surface area contributed by atoms with Crippen molar-refractivity contribution in [1.82, 2.24) is 9.88 Å². The van der Waals surface area contributed by atoms with Crippen LogP contribution in [0.2, 0.25) is 0 Å². The molecule has 2 fully saturated rings. The van der Waals surface area contributed by atoms with Crippen molar-refractivity contribution in [3.05, 3.63) is 59.9 Å². The number of aromatic nitrogens is 1. The molecule has 1 aromatic heterocycles. The quantitative estimate of drug-likeness (QED) is 0.389. The van der Waals surface area contributed by atoms with Gasteiger partial charge in [0.25, 0.3) is 0 Å². The number of hydrogen-bond donors (Lipinski definition) is 3. The van der Waals surface area contributed by atoms with Crippen LogP contribution in [0.1, 0.15) is 37.9 Å². The number of carboxylic acid groups (broad SMARTS) is 1. The number of rotatable bonds is 8. The number of pyridine rings is 1. The van der Waals surface area contributed by atoms with Gasteiger partial charge in [-0.15, -0.1) is 0 Å². The minimum Gasteiger partial charge on any atom is -0.481 e. The van der Waals surface area contributed by atoms with E-state index in [9.17, 15) is 14.7 Å². The van der Waals surface area contributed by atoms with Crippen molar-refractivity contribution >= 4 is 29.3 Å². The molecule has 2 aliphatic heterocycles. The molecule has 4 rings (SSSR count). The maximum Gasteiger partial charge on any atom is 0.308 e. The van der Waals surface area contributed by atoms with Gasteiger partial charge in [0.15, 0.2) is 6.23 Å². The van der Waals surface area contributed by atoms with Crippen LogP contribution in [-0.4, -0.2) is 65.1 Å². The molecule has 0 saturated carbocycles. The number of likely N-dealkylation sites (tertiary alicyclic amines) is 1. The first kappa shape index (κ1) is 24.8. The van der Waals surface area contributed by atoms with Crippen LogP contribution in [0, 0.1) is 5.92 Å². The van der Waals surface area contributed by atoms with Gasteiger partial charge in [-0.05, 0) is 57.7 Å². The van der Waals surface area contributed by atoms with Crippen molar-refractivity contribution in [3.8, 4) is 0 Å². The zero-order valence-electron chi connectivity index (χ0n) is 20.4. The van der Waals surface area contributed by atoms with Crippen molar-refractivity contribution in [1.29, 1.82) is 0 Å². The Morgan fingerprint density at radius 1 is 1.17 bits per heavy atom. The van der Waals surface area contributed by atoms with Crippen LogP contribution in [0.3, 0.4) is 0 Å². The van der Waals surface area contributed by atoms with Crippen LogP contribution >= 0.6 is 0 Å². The second-order valence-corrected chi connectivity index (χ2v) is 9.96. The molecule has 1 amide bonds. The van der Waals surface area contributed by atoms with Gasteiger partial charge in [-0.25, -0.2) is 0 Å². The Hall–Kier alpha value is -3.27. The van der Waals surface area contributed by atoms with Crippen LogP contribution < -0.4 is 10.6 Å². The average Bonchev–Trinajstić information content (AvgIpc) is 3.36. The van der Waals surface area contributed by atoms with Gasteiger partial charge in [0.05, 0.1) is 22.9 Å². The van der Waals surface area contributed by atoms with E-state index in [2.05, 4.69) is 15.6 Å². The molecule has 0 spiro atoms. The van der Waals surface area contributed by atoms with Gasteiger partial charge >= 0.3 is 5.97 Å². The normalized spacial score (nSPS) is 24.5. The summed E-state index contributed by atoms with van der Waals surface area (Å²) in [7, 11) is 1.91. The van der Waals surface area contributed by atoms with Gasteiger partial charge in [-0.2, -0.15) is 0 Å².